The SMILES string of the molecule is CCNC(c1cc(Br)c(Cl)s1)c1cc(C)ccc1F. The van der Waals surface area contributed by atoms with Crippen LogP contribution in [0.1, 0.15) is 29.0 Å². The van der Waals surface area contributed by atoms with E-state index in [0.29, 0.717) is 9.90 Å². The van der Waals surface area contributed by atoms with Gasteiger partial charge in [-0.2, -0.15) is 0 Å². The Morgan fingerprint density at radius 3 is 2.74 bits per heavy atom. The zero-order valence-electron chi connectivity index (χ0n) is 10.6. The van der Waals surface area contributed by atoms with E-state index in [2.05, 4.69) is 21.2 Å². The van der Waals surface area contributed by atoms with Gasteiger partial charge in [0, 0.05) is 14.9 Å². The number of aryl methyl sites for hydroxylation is 1. The molecule has 19 heavy (non-hydrogen) atoms. The molecule has 2 rings (SSSR count). The van der Waals surface area contributed by atoms with Gasteiger partial charge in [0.1, 0.15) is 10.2 Å². The van der Waals surface area contributed by atoms with Gasteiger partial charge in [-0.25, -0.2) is 4.39 Å². The van der Waals surface area contributed by atoms with E-state index in [-0.39, 0.29) is 11.9 Å². The van der Waals surface area contributed by atoms with Crippen molar-refractivity contribution in [3.05, 3.63) is 54.9 Å². The summed E-state index contributed by atoms with van der Waals surface area (Å²) in [5.41, 5.74) is 1.70. The van der Waals surface area contributed by atoms with Crippen LogP contribution >= 0.6 is 38.9 Å². The summed E-state index contributed by atoms with van der Waals surface area (Å²) >= 11 is 10.9. The van der Waals surface area contributed by atoms with Crippen LogP contribution in [0.5, 0.6) is 0 Å². The highest BCUT2D eigenvalue weighted by Gasteiger charge is 2.20. The molecule has 0 saturated heterocycles. The molecule has 1 aromatic carbocycles. The summed E-state index contributed by atoms with van der Waals surface area (Å²) in [5.74, 6) is -0.197. The van der Waals surface area contributed by atoms with Gasteiger partial charge in [-0.15, -0.1) is 11.3 Å². The van der Waals surface area contributed by atoms with Crippen LogP contribution in [0.3, 0.4) is 0 Å². The fourth-order valence-corrected chi connectivity index (χ4v) is 3.79. The first-order valence-corrected chi connectivity index (χ1v) is 7.95. The minimum Gasteiger partial charge on any atom is -0.306 e. The number of benzene rings is 1. The van der Waals surface area contributed by atoms with Gasteiger partial charge < -0.3 is 5.32 Å². The Balaban J connectivity index is 2.47. The zero-order valence-corrected chi connectivity index (χ0v) is 13.8. The predicted octanol–water partition coefficient (Wildman–Crippen LogP) is 5.31. The molecule has 1 unspecified atom stereocenters. The van der Waals surface area contributed by atoms with E-state index in [9.17, 15) is 4.39 Å². The molecule has 0 saturated carbocycles. The molecule has 1 nitrogen and oxygen atoms in total. The van der Waals surface area contributed by atoms with Crippen LogP contribution in [0.25, 0.3) is 0 Å². The number of halogens is 3. The van der Waals surface area contributed by atoms with Crippen LogP contribution in [-0.2, 0) is 0 Å². The summed E-state index contributed by atoms with van der Waals surface area (Å²) in [5, 5.41) is 3.31. The number of nitrogens with one attached hydrogen (secondary N) is 1. The molecule has 0 amide bonds. The summed E-state index contributed by atoms with van der Waals surface area (Å²) < 4.78 is 15.6. The van der Waals surface area contributed by atoms with Crippen LogP contribution < -0.4 is 5.32 Å². The first kappa shape index (κ1) is 15.0. The van der Waals surface area contributed by atoms with Crippen molar-refractivity contribution in [3.8, 4) is 0 Å². The molecule has 0 spiro atoms. The quantitative estimate of drug-likeness (QED) is 0.777. The molecule has 1 aromatic heterocycles. The molecule has 0 bridgehead atoms. The highest BCUT2D eigenvalue weighted by atomic mass is 79.9. The number of rotatable bonds is 4. The van der Waals surface area contributed by atoms with Crippen molar-refractivity contribution in [1.29, 1.82) is 0 Å². The van der Waals surface area contributed by atoms with E-state index in [4.69, 9.17) is 11.6 Å². The minimum absolute atomic E-state index is 0.168. The van der Waals surface area contributed by atoms with E-state index in [0.717, 1.165) is 21.5 Å². The normalized spacial score (nSPS) is 12.7. The van der Waals surface area contributed by atoms with Gasteiger partial charge in [0.15, 0.2) is 0 Å². The van der Waals surface area contributed by atoms with E-state index in [1.165, 1.54) is 17.4 Å². The van der Waals surface area contributed by atoms with Gasteiger partial charge in [-0.05, 0) is 41.5 Å². The van der Waals surface area contributed by atoms with Crippen LogP contribution in [0, 0.1) is 12.7 Å². The van der Waals surface area contributed by atoms with Gasteiger partial charge in [-0.1, -0.05) is 36.2 Å². The lowest BCUT2D eigenvalue weighted by Gasteiger charge is -2.18. The zero-order chi connectivity index (χ0) is 14.0. The first-order chi connectivity index (χ1) is 9.02. The fraction of sp³-hybridized carbons (Fsp3) is 0.286. The Bertz CT molecular complexity index is 565. The summed E-state index contributed by atoms with van der Waals surface area (Å²) in [7, 11) is 0. The largest absolute Gasteiger partial charge is 0.306 e. The molecule has 5 heteroatoms. The minimum atomic E-state index is -0.197. The maximum atomic E-state index is 14.1. The molecule has 0 radical (unpaired) electrons. The van der Waals surface area contributed by atoms with E-state index in [1.807, 2.05) is 26.0 Å². The van der Waals surface area contributed by atoms with Gasteiger partial charge in [0.05, 0.1) is 6.04 Å². The average molecular weight is 363 g/mol. The molecular formula is C14H14BrClFNS. The van der Waals surface area contributed by atoms with Crippen LogP contribution in [0.15, 0.2) is 28.7 Å². The lowest BCUT2D eigenvalue weighted by molar-refractivity contribution is 0.562. The highest BCUT2D eigenvalue weighted by Crippen LogP contribution is 2.38. The summed E-state index contributed by atoms with van der Waals surface area (Å²) in [6.07, 6.45) is 0. The Kier molecular flexibility index (Phi) is 5.01. The van der Waals surface area contributed by atoms with Gasteiger partial charge in [0.2, 0.25) is 0 Å². The molecule has 0 aliphatic carbocycles. The van der Waals surface area contributed by atoms with Gasteiger partial charge in [-0.3, -0.25) is 0 Å². The molecular weight excluding hydrogens is 349 g/mol. The Morgan fingerprint density at radius 2 is 2.16 bits per heavy atom. The smallest absolute Gasteiger partial charge is 0.128 e. The molecule has 0 aliphatic rings. The fourth-order valence-electron chi connectivity index (χ4n) is 1.96. The Labute approximate surface area is 129 Å². The molecule has 1 heterocycles. The molecule has 0 fully saturated rings. The second-order valence-electron chi connectivity index (χ2n) is 4.29. The second kappa shape index (κ2) is 6.35. The van der Waals surface area contributed by atoms with Crippen LogP contribution in [0.4, 0.5) is 4.39 Å². The maximum Gasteiger partial charge on any atom is 0.128 e. The Morgan fingerprint density at radius 1 is 1.42 bits per heavy atom. The third-order valence-corrected chi connectivity index (χ3v) is 5.36. The summed E-state index contributed by atoms with van der Waals surface area (Å²) in [4.78, 5) is 1.00. The van der Waals surface area contributed by atoms with Gasteiger partial charge in [0.25, 0.3) is 0 Å². The van der Waals surface area contributed by atoms with E-state index < -0.39 is 0 Å². The summed E-state index contributed by atoms with van der Waals surface area (Å²) in [6.45, 7) is 4.72. The van der Waals surface area contributed by atoms with E-state index >= 15 is 0 Å². The number of thiophene rings is 1. The van der Waals surface area contributed by atoms with E-state index in [1.54, 1.807) is 6.07 Å². The topological polar surface area (TPSA) is 12.0 Å². The molecule has 2 aromatic rings. The van der Waals surface area contributed by atoms with Crippen molar-refractivity contribution in [2.24, 2.45) is 0 Å². The van der Waals surface area contributed by atoms with Crippen molar-refractivity contribution in [2.75, 3.05) is 6.54 Å². The molecule has 0 aliphatic heterocycles. The van der Waals surface area contributed by atoms with Crippen molar-refractivity contribution < 1.29 is 4.39 Å². The molecule has 1 atom stereocenters. The first-order valence-electron chi connectivity index (χ1n) is 5.97. The van der Waals surface area contributed by atoms with Crippen molar-refractivity contribution >= 4 is 38.9 Å². The average Bonchev–Trinajstić information content (AvgIpc) is 2.70. The van der Waals surface area contributed by atoms with Gasteiger partial charge >= 0.3 is 0 Å². The third-order valence-electron chi connectivity index (χ3n) is 2.82. The Hall–Kier alpha value is -0.420. The molecule has 1 N–H and O–H groups in total. The molecule has 102 valence electrons. The summed E-state index contributed by atoms with van der Waals surface area (Å²) in [6, 6.07) is 6.95. The third kappa shape index (κ3) is 3.37. The maximum absolute atomic E-state index is 14.1. The van der Waals surface area contributed by atoms with Crippen molar-refractivity contribution in [2.45, 2.75) is 19.9 Å². The number of hydrogen-bond donors (Lipinski definition) is 1. The monoisotopic (exact) mass is 361 g/mol. The van der Waals surface area contributed by atoms with Crippen molar-refractivity contribution in [1.82, 2.24) is 5.32 Å². The van der Waals surface area contributed by atoms with Crippen LogP contribution in [0.2, 0.25) is 4.34 Å². The lowest BCUT2D eigenvalue weighted by atomic mass is 10.0. The predicted molar refractivity (Wildman–Crippen MR) is 83.7 cm³/mol. The highest BCUT2D eigenvalue weighted by molar-refractivity contribution is 9.10. The second-order valence-corrected chi connectivity index (χ2v) is 6.83. The van der Waals surface area contributed by atoms with Crippen molar-refractivity contribution in [3.63, 3.8) is 0 Å². The number of hydrogen-bond acceptors (Lipinski definition) is 2. The van der Waals surface area contributed by atoms with Crippen LogP contribution in [-0.4, -0.2) is 6.54 Å². The standard InChI is InChI=1S/C14H14BrClFNS/c1-3-18-13(12-7-10(15)14(16)19-12)9-6-8(2)4-5-11(9)17/h4-7,13,18H,3H2,1-2H3. The lowest BCUT2D eigenvalue weighted by Crippen LogP contribution is -2.22.